The maximum Gasteiger partial charge on any atom is 0.321 e. The number of nitrogens with one attached hydrogen (secondary N) is 2. The van der Waals surface area contributed by atoms with E-state index >= 15 is 0 Å². The van der Waals surface area contributed by atoms with Crippen LogP contribution in [-0.2, 0) is 24.1 Å². The second-order valence-electron chi connectivity index (χ2n) is 6.97. The van der Waals surface area contributed by atoms with Gasteiger partial charge in [-0.3, -0.25) is 10.1 Å². The lowest BCUT2D eigenvalue weighted by Crippen LogP contribution is -2.41. The van der Waals surface area contributed by atoms with E-state index in [0.717, 1.165) is 37.1 Å². The molecule has 3 amide bonds. The first-order valence-corrected chi connectivity index (χ1v) is 9.83. The molecule has 0 fully saturated rings. The first-order chi connectivity index (χ1) is 12.6. The van der Waals surface area contributed by atoms with Crippen LogP contribution in [0.1, 0.15) is 29.5 Å². The van der Waals surface area contributed by atoms with E-state index in [1.165, 1.54) is 21.8 Å². The topological polar surface area (TPSA) is 74.3 Å². The summed E-state index contributed by atoms with van der Waals surface area (Å²) in [5.41, 5.74) is 3.22. The lowest BCUT2D eigenvalue weighted by Gasteiger charge is -2.17. The molecule has 2 aliphatic rings. The Morgan fingerprint density at radius 3 is 3.04 bits per heavy atom. The molecule has 6 nitrogen and oxygen atoms in total. The van der Waals surface area contributed by atoms with Crippen molar-refractivity contribution in [1.82, 2.24) is 10.3 Å². The van der Waals surface area contributed by atoms with Crippen molar-refractivity contribution in [3.05, 3.63) is 40.4 Å². The molecule has 26 heavy (non-hydrogen) atoms. The molecule has 1 aliphatic heterocycles. The first kappa shape index (κ1) is 17.0. The van der Waals surface area contributed by atoms with Crippen LogP contribution in [0.5, 0.6) is 0 Å². The number of carbonyl (C=O) groups excluding carboxylic acids is 2. The number of fused-ring (bicyclic) bond motifs is 2. The van der Waals surface area contributed by atoms with Gasteiger partial charge < -0.3 is 10.2 Å². The van der Waals surface area contributed by atoms with Gasteiger partial charge in [-0.05, 0) is 43.2 Å². The van der Waals surface area contributed by atoms with Crippen LogP contribution < -0.4 is 15.5 Å². The van der Waals surface area contributed by atoms with Crippen LogP contribution in [0, 0.1) is 5.92 Å². The number of thiazole rings is 1. The van der Waals surface area contributed by atoms with Gasteiger partial charge in [0.15, 0.2) is 5.13 Å². The third kappa shape index (κ3) is 3.44. The molecular formula is C19H22N4O2S. The number of urea groups is 1. The molecule has 1 aromatic carbocycles. The molecule has 1 aliphatic carbocycles. The minimum atomic E-state index is -0.384. The van der Waals surface area contributed by atoms with Crippen molar-refractivity contribution < 1.29 is 9.59 Å². The number of para-hydroxylation sites is 1. The van der Waals surface area contributed by atoms with Crippen LogP contribution in [0.2, 0.25) is 0 Å². The van der Waals surface area contributed by atoms with Crippen LogP contribution in [0.4, 0.5) is 15.6 Å². The van der Waals surface area contributed by atoms with Crippen LogP contribution in [-0.4, -0.2) is 30.0 Å². The summed E-state index contributed by atoms with van der Waals surface area (Å²) in [5.74, 6) is 0.572. The van der Waals surface area contributed by atoms with E-state index in [1.54, 1.807) is 4.90 Å². The molecule has 2 heterocycles. The molecule has 1 aromatic heterocycles. The maximum atomic E-state index is 12.4. The van der Waals surface area contributed by atoms with Crippen molar-refractivity contribution in [2.45, 2.75) is 32.6 Å². The van der Waals surface area contributed by atoms with Gasteiger partial charge in [0.05, 0.1) is 12.2 Å². The normalized spacial score (nSPS) is 18.2. The van der Waals surface area contributed by atoms with Crippen molar-refractivity contribution in [3.8, 4) is 0 Å². The van der Waals surface area contributed by atoms with Crippen molar-refractivity contribution in [1.29, 1.82) is 0 Å². The molecule has 4 rings (SSSR count). The van der Waals surface area contributed by atoms with Gasteiger partial charge in [-0.1, -0.05) is 25.1 Å². The zero-order valence-corrected chi connectivity index (χ0v) is 15.6. The Morgan fingerprint density at radius 2 is 2.15 bits per heavy atom. The van der Waals surface area contributed by atoms with E-state index in [4.69, 9.17) is 0 Å². The molecular weight excluding hydrogens is 348 g/mol. The van der Waals surface area contributed by atoms with Crippen molar-refractivity contribution >= 4 is 34.1 Å². The lowest BCUT2D eigenvalue weighted by molar-refractivity contribution is -0.117. The monoisotopic (exact) mass is 370 g/mol. The van der Waals surface area contributed by atoms with E-state index in [-0.39, 0.29) is 18.5 Å². The summed E-state index contributed by atoms with van der Waals surface area (Å²) in [6.45, 7) is 2.88. The Hall–Kier alpha value is -2.41. The second kappa shape index (κ2) is 7.07. The predicted octanol–water partition coefficient (Wildman–Crippen LogP) is 2.98. The summed E-state index contributed by atoms with van der Waals surface area (Å²) in [7, 11) is 0. The van der Waals surface area contributed by atoms with E-state index in [9.17, 15) is 9.59 Å². The van der Waals surface area contributed by atoms with Gasteiger partial charge in [-0.2, -0.15) is 0 Å². The molecule has 0 unspecified atom stereocenters. The number of hydrogen-bond acceptors (Lipinski definition) is 4. The highest BCUT2D eigenvalue weighted by atomic mass is 32.1. The summed E-state index contributed by atoms with van der Waals surface area (Å²) in [4.78, 5) is 32.1. The van der Waals surface area contributed by atoms with Gasteiger partial charge in [0.2, 0.25) is 5.91 Å². The van der Waals surface area contributed by atoms with Gasteiger partial charge in [0.1, 0.15) is 0 Å². The SMILES string of the molecule is C[C@H]1CCc2nc(NC(=O)NCC(=O)N3CCc4ccccc43)sc2C1. The quantitative estimate of drug-likeness (QED) is 0.872. The highest BCUT2D eigenvalue weighted by Crippen LogP contribution is 2.32. The second-order valence-corrected chi connectivity index (χ2v) is 8.05. The number of aryl methyl sites for hydroxylation is 1. The first-order valence-electron chi connectivity index (χ1n) is 9.02. The minimum absolute atomic E-state index is 0.0255. The molecule has 0 spiro atoms. The smallest absolute Gasteiger partial charge is 0.321 e. The number of carbonyl (C=O) groups is 2. The number of amides is 3. The minimum Gasteiger partial charge on any atom is -0.329 e. The summed E-state index contributed by atoms with van der Waals surface area (Å²) in [6, 6.07) is 7.50. The Kier molecular flexibility index (Phi) is 4.63. The fourth-order valence-corrected chi connectivity index (χ4v) is 4.75. The van der Waals surface area contributed by atoms with Gasteiger partial charge in [0, 0.05) is 17.1 Å². The molecule has 136 valence electrons. The third-order valence-electron chi connectivity index (χ3n) is 4.99. The number of benzene rings is 1. The van der Waals surface area contributed by atoms with E-state index < -0.39 is 0 Å². The summed E-state index contributed by atoms with van der Waals surface area (Å²) in [6.07, 6.45) is 4.01. The number of hydrogen-bond donors (Lipinski definition) is 2. The Labute approximate surface area is 156 Å². The summed E-state index contributed by atoms with van der Waals surface area (Å²) in [5, 5.41) is 6.03. The average molecular weight is 370 g/mol. The third-order valence-corrected chi connectivity index (χ3v) is 6.03. The fraction of sp³-hybridized carbons (Fsp3) is 0.421. The summed E-state index contributed by atoms with van der Waals surface area (Å²) >= 11 is 1.54. The Balaban J connectivity index is 1.31. The molecule has 0 bridgehead atoms. The molecule has 2 N–H and O–H groups in total. The molecule has 7 heteroatoms. The highest BCUT2D eigenvalue weighted by Gasteiger charge is 2.24. The van der Waals surface area contributed by atoms with Crippen molar-refractivity contribution in [2.75, 3.05) is 23.3 Å². The van der Waals surface area contributed by atoms with Crippen molar-refractivity contribution in [3.63, 3.8) is 0 Å². The molecule has 2 aromatic rings. The van der Waals surface area contributed by atoms with E-state index in [2.05, 4.69) is 22.5 Å². The zero-order chi connectivity index (χ0) is 18.1. The predicted molar refractivity (Wildman–Crippen MR) is 103 cm³/mol. The molecule has 1 atom stereocenters. The fourth-order valence-electron chi connectivity index (χ4n) is 3.58. The van der Waals surface area contributed by atoms with Crippen LogP contribution in [0.25, 0.3) is 0 Å². The van der Waals surface area contributed by atoms with Crippen molar-refractivity contribution in [2.24, 2.45) is 5.92 Å². The lowest BCUT2D eigenvalue weighted by atomic mass is 9.93. The van der Waals surface area contributed by atoms with Gasteiger partial charge >= 0.3 is 6.03 Å². The van der Waals surface area contributed by atoms with Gasteiger partial charge in [-0.15, -0.1) is 11.3 Å². The van der Waals surface area contributed by atoms with Crippen LogP contribution in [0.15, 0.2) is 24.3 Å². The largest absolute Gasteiger partial charge is 0.329 e. The Bertz CT molecular complexity index is 848. The van der Waals surface area contributed by atoms with E-state index in [1.807, 2.05) is 24.3 Å². The van der Waals surface area contributed by atoms with E-state index in [0.29, 0.717) is 17.6 Å². The molecule has 0 saturated heterocycles. The van der Waals surface area contributed by atoms with Gasteiger partial charge in [0.25, 0.3) is 0 Å². The maximum absolute atomic E-state index is 12.4. The zero-order valence-electron chi connectivity index (χ0n) is 14.7. The number of rotatable bonds is 3. The molecule has 0 radical (unpaired) electrons. The number of anilines is 2. The van der Waals surface area contributed by atoms with Gasteiger partial charge in [-0.25, -0.2) is 9.78 Å². The molecule has 0 saturated carbocycles. The highest BCUT2D eigenvalue weighted by molar-refractivity contribution is 7.15. The average Bonchev–Trinajstić information content (AvgIpc) is 3.22. The number of aromatic nitrogens is 1. The standard InChI is InChI=1S/C19H22N4O2S/c1-12-6-7-14-16(10-12)26-19(21-14)22-18(25)20-11-17(24)23-9-8-13-4-2-3-5-15(13)23/h2-5,12H,6-11H2,1H3,(H2,20,21,22,25)/t12-/m0/s1. The van der Waals surface area contributed by atoms with Crippen LogP contribution >= 0.6 is 11.3 Å². The van der Waals surface area contributed by atoms with Crippen LogP contribution in [0.3, 0.4) is 0 Å². The summed E-state index contributed by atoms with van der Waals surface area (Å²) < 4.78 is 0. The number of nitrogens with zero attached hydrogens (tertiary/aromatic N) is 2. The Morgan fingerprint density at radius 1 is 1.31 bits per heavy atom.